The second-order valence-electron chi connectivity index (χ2n) is 7.70. The number of aryl methyl sites for hydroxylation is 1. The summed E-state index contributed by atoms with van der Waals surface area (Å²) in [5.41, 5.74) is 5.87. The third-order valence-corrected chi connectivity index (χ3v) is 5.97. The highest BCUT2D eigenvalue weighted by molar-refractivity contribution is 7.80. The molecule has 2 unspecified atom stereocenters. The van der Waals surface area contributed by atoms with E-state index in [1.54, 1.807) is 0 Å². The molecule has 0 spiro atoms. The summed E-state index contributed by atoms with van der Waals surface area (Å²) in [5.74, 6) is 0.505. The van der Waals surface area contributed by atoms with E-state index < -0.39 is 0 Å². The Bertz CT molecular complexity index is 976. The average Bonchev–Trinajstić information content (AvgIpc) is 3.22. The van der Waals surface area contributed by atoms with Gasteiger partial charge >= 0.3 is 0 Å². The highest BCUT2D eigenvalue weighted by Crippen LogP contribution is 2.41. The van der Waals surface area contributed by atoms with Crippen LogP contribution in [0.3, 0.4) is 0 Å². The second kappa shape index (κ2) is 7.40. The molecule has 1 saturated heterocycles. The topological polar surface area (TPSA) is 33.1 Å². The van der Waals surface area contributed by atoms with Gasteiger partial charge in [0.25, 0.3) is 0 Å². The van der Waals surface area contributed by atoms with Crippen molar-refractivity contribution in [1.82, 2.24) is 14.9 Å². The van der Waals surface area contributed by atoms with Crippen molar-refractivity contribution >= 4 is 23.0 Å². The number of nitrogens with one attached hydrogen (secondary N) is 1. The first-order chi connectivity index (χ1) is 13.5. The van der Waals surface area contributed by atoms with Crippen LogP contribution in [-0.2, 0) is 7.05 Å². The van der Waals surface area contributed by atoms with E-state index in [1.807, 2.05) is 18.3 Å². The molecule has 5 heteroatoms. The largest absolute Gasteiger partial charge is 0.351 e. The number of hydrogen-bond acceptors (Lipinski definition) is 2. The molecule has 0 radical (unpaired) electrons. The Hall–Kier alpha value is -2.66. The van der Waals surface area contributed by atoms with Crippen LogP contribution in [0.2, 0.25) is 0 Å². The molecule has 1 N–H and O–H groups in total. The Labute approximate surface area is 172 Å². The van der Waals surface area contributed by atoms with E-state index >= 15 is 0 Å². The van der Waals surface area contributed by atoms with Gasteiger partial charge in [0.05, 0.1) is 11.7 Å². The molecular weight excluding hydrogens is 364 g/mol. The number of pyridine rings is 1. The summed E-state index contributed by atoms with van der Waals surface area (Å²) in [6.45, 7) is 6.55. The van der Waals surface area contributed by atoms with Crippen molar-refractivity contribution in [3.05, 3.63) is 83.4 Å². The molecule has 3 heterocycles. The van der Waals surface area contributed by atoms with E-state index in [0.29, 0.717) is 5.92 Å². The van der Waals surface area contributed by atoms with Gasteiger partial charge in [-0.2, -0.15) is 0 Å². The van der Waals surface area contributed by atoms with Gasteiger partial charge in [0, 0.05) is 30.3 Å². The highest BCUT2D eigenvalue weighted by Gasteiger charge is 2.41. The van der Waals surface area contributed by atoms with Gasteiger partial charge in [0.1, 0.15) is 6.04 Å². The van der Waals surface area contributed by atoms with Gasteiger partial charge in [0.15, 0.2) is 5.11 Å². The molecule has 0 bridgehead atoms. The van der Waals surface area contributed by atoms with Crippen LogP contribution in [0, 0.1) is 6.92 Å². The fourth-order valence-corrected chi connectivity index (χ4v) is 4.23. The van der Waals surface area contributed by atoms with Gasteiger partial charge in [-0.05, 0) is 67.0 Å². The summed E-state index contributed by atoms with van der Waals surface area (Å²) in [5, 5.41) is 4.26. The molecule has 2 atom stereocenters. The fourth-order valence-electron chi connectivity index (χ4n) is 3.88. The number of hydrogen-bond donors (Lipinski definition) is 1. The standard InChI is InChI=1S/C23H26N4S/c1-15(2)17-9-11-18(12-10-17)27-22(20-13-8-16(3)26(20)4)21(25-23(27)28)19-7-5-6-14-24-19/h5-15,21-22H,1-4H3,(H,25,28). The van der Waals surface area contributed by atoms with Crippen LogP contribution in [0.1, 0.15) is 54.5 Å². The van der Waals surface area contributed by atoms with Crippen molar-refractivity contribution in [2.75, 3.05) is 4.90 Å². The number of aromatic nitrogens is 2. The Morgan fingerprint density at radius 3 is 2.36 bits per heavy atom. The SMILES string of the molecule is Cc1ccc(C2C(c3ccccn3)NC(=S)N2c2ccc(C(C)C)cc2)n1C. The molecule has 28 heavy (non-hydrogen) atoms. The number of anilines is 1. The van der Waals surface area contributed by atoms with E-state index in [-0.39, 0.29) is 12.1 Å². The normalized spacial score (nSPS) is 19.3. The van der Waals surface area contributed by atoms with Crippen molar-refractivity contribution in [2.45, 2.75) is 38.8 Å². The van der Waals surface area contributed by atoms with Gasteiger partial charge in [-0.25, -0.2) is 0 Å². The minimum Gasteiger partial charge on any atom is -0.351 e. The molecule has 144 valence electrons. The van der Waals surface area contributed by atoms with E-state index in [2.05, 4.69) is 90.1 Å². The lowest BCUT2D eigenvalue weighted by molar-refractivity contribution is 0.539. The van der Waals surface area contributed by atoms with Gasteiger partial charge in [0.2, 0.25) is 0 Å². The van der Waals surface area contributed by atoms with Gasteiger partial charge in [-0.15, -0.1) is 0 Å². The molecule has 1 fully saturated rings. The van der Waals surface area contributed by atoms with Crippen LogP contribution in [0.4, 0.5) is 5.69 Å². The Morgan fingerprint density at radius 2 is 1.79 bits per heavy atom. The van der Waals surface area contributed by atoms with E-state index in [4.69, 9.17) is 12.2 Å². The third kappa shape index (κ3) is 3.20. The first-order valence-corrected chi connectivity index (χ1v) is 10.1. The quantitative estimate of drug-likeness (QED) is 0.634. The molecular formula is C23H26N4S. The Balaban J connectivity index is 1.81. The summed E-state index contributed by atoms with van der Waals surface area (Å²) in [6, 6.07) is 19.2. The van der Waals surface area contributed by atoms with Crippen molar-refractivity contribution in [3.8, 4) is 0 Å². The maximum Gasteiger partial charge on any atom is 0.174 e. The second-order valence-corrected chi connectivity index (χ2v) is 8.09. The maximum atomic E-state index is 5.79. The minimum absolute atomic E-state index is 0.00789. The summed E-state index contributed by atoms with van der Waals surface area (Å²) in [4.78, 5) is 6.84. The molecule has 1 aromatic carbocycles. The lowest BCUT2D eigenvalue weighted by Gasteiger charge is -2.28. The average molecular weight is 391 g/mol. The third-order valence-electron chi connectivity index (χ3n) is 5.65. The summed E-state index contributed by atoms with van der Waals surface area (Å²) < 4.78 is 2.24. The van der Waals surface area contributed by atoms with Gasteiger partial charge in [-0.3, -0.25) is 4.98 Å². The molecule has 4 nitrogen and oxygen atoms in total. The number of rotatable bonds is 4. The predicted molar refractivity (Wildman–Crippen MR) is 119 cm³/mol. The zero-order valence-corrected chi connectivity index (χ0v) is 17.6. The first-order valence-electron chi connectivity index (χ1n) is 9.70. The Kier molecular flexibility index (Phi) is 4.94. The van der Waals surface area contributed by atoms with E-state index in [9.17, 15) is 0 Å². The molecule has 4 rings (SSSR count). The van der Waals surface area contributed by atoms with Crippen molar-refractivity contribution in [1.29, 1.82) is 0 Å². The van der Waals surface area contributed by atoms with Gasteiger partial charge < -0.3 is 14.8 Å². The van der Waals surface area contributed by atoms with Crippen molar-refractivity contribution in [3.63, 3.8) is 0 Å². The van der Waals surface area contributed by atoms with Crippen molar-refractivity contribution < 1.29 is 0 Å². The van der Waals surface area contributed by atoms with Crippen LogP contribution in [-0.4, -0.2) is 14.7 Å². The number of benzene rings is 1. The molecule has 0 saturated carbocycles. The zero-order valence-electron chi connectivity index (χ0n) is 16.8. The van der Waals surface area contributed by atoms with Crippen LogP contribution in [0.25, 0.3) is 0 Å². The van der Waals surface area contributed by atoms with Crippen LogP contribution < -0.4 is 10.2 Å². The summed E-state index contributed by atoms with van der Waals surface area (Å²) >= 11 is 5.79. The molecule has 1 aliphatic rings. The van der Waals surface area contributed by atoms with Crippen LogP contribution >= 0.6 is 12.2 Å². The predicted octanol–water partition coefficient (Wildman–Crippen LogP) is 5.03. The van der Waals surface area contributed by atoms with Gasteiger partial charge in [-0.1, -0.05) is 32.0 Å². The highest BCUT2D eigenvalue weighted by atomic mass is 32.1. The lowest BCUT2D eigenvalue weighted by Crippen LogP contribution is -2.30. The Morgan fingerprint density at radius 1 is 1.04 bits per heavy atom. The van der Waals surface area contributed by atoms with E-state index in [0.717, 1.165) is 16.5 Å². The molecule has 1 aliphatic heterocycles. The van der Waals surface area contributed by atoms with E-state index in [1.165, 1.54) is 17.0 Å². The molecule has 2 aromatic heterocycles. The maximum absolute atomic E-state index is 5.79. The van der Waals surface area contributed by atoms with Crippen LogP contribution in [0.5, 0.6) is 0 Å². The fraction of sp³-hybridized carbons (Fsp3) is 0.304. The summed E-state index contributed by atoms with van der Waals surface area (Å²) in [7, 11) is 2.11. The van der Waals surface area contributed by atoms with Crippen molar-refractivity contribution in [2.24, 2.45) is 7.05 Å². The monoisotopic (exact) mass is 390 g/mol. The molecule has 0 aliphatic carbocycles. The smallest absolute Gasteiger partial charge is 0.174 e. The van der Waals surface area contributed by atoms with Crippen LogP contribution in [0.15, 0.2) is 60.8 Å². The molecule has 0 amide bonds. The zero-order chi connectivity index (χ0) is 19.8. The lowest BCUT2D eigenvalue weighted by atomic mass is 9.99. The number of thiocarbonyl (C=S) groups is 1. The first kappa shape index (κ1) is 18.7. The minimum atomic E-state index is -0.00789. The molecule has 3 aromatic rings. The summed E-state index contributed by atoms with van der Waals surface area (Å²) in [6.07, 6.45) is 1.84. The number of nitrogens with zero attached hydrogens (tertiary/aromatic N) is 3.